The third-order valence-electron chi connectivity index (χ3n) is 5.49. The van der Waals surface area contributed by atoms with Crippen LogP contribution >= 0.6 is 0 Å². The summed E-state index contributed by atoms with van der Waals surface area (Å²) in [6, 6.07) is 10.4. The van der Waals surface area contributed by atoms with Gasteiger partial charge in [-0.05, 0) is 26.3 Å². The maximum Gasteiger partial charge on any atom is 0.410 e. The first kappa shape index (κ1) is 19.2. The van der Waals surface area contributed by atoms with Crippen LogP contribution in [0, 0.1) is 10.8 Å². The molecule has 1 amide bonds. The van der Waals surface area contributed by atoms with Crippen LogP contribution in [0.4, 0.5) is 4.79 Å². The Balaban J connectivity index is 1.77. The van der Waals surface area contributed by atoms with E-state index in [2.05, 4.69) is 43.0 Å². The maximum atomic E-state index is 12.6. The maximum absolute atomic E-state index is 12.6. The average Bonchev–Trinajstić information content (AvgIpc) is 2.50. The fraction of sp³-hybridized carbons (Fsp3) is 0.667. The van der Waals surface area contributed by atoms with E-state index < -0.39 is 11.7 Å². The van der Waals surface area contributed by atoms with Gasteiger partial charge in [-0.25, -0.2) is 4.79 Å². The predicted molar refractivity (Wildman–Crippen MR) is 102 cm³/mol. The number of carbonyl (C=O) groups is 1. The second-order valence-corrected chi connectivity index (χ2v) is 9.68. The van der Waals surface area contributed by atoms with Crippen LogP contribution < -0.4 is 0 Å². The highest BCUT2D eigenvalue weighted by Crippen LogP contribution is 2.46. The summed E-state index contributed by atoms with van der Waals surface area (Å²) in [6.45, 7) is 13.3. The highest BCUT2D eigenvalue weighted by atomic mass is 16.6. The second kappa shape index (κ2) is 6.54. The minimum atomic E-state index is -0.511. The Hall–Kier alpha value is -1.59. The molecule has 5 nitrogen and oxygen atoms in total. The number of piperidine rings is 2. The molecule has 1 aromatic carbocycles. The molecule has 2 bridgehead atoms. The molecule has 0 aliphatic carbocycles. The lowest BCUT2D eigenvalue weighted by Crippen LogP contribution is -2.70. The van der Waals surface area contributed by atoms with E-state index >= 15 is 0 Å². The second-order valence-electron chi connectivity index (χ2n) is 9.68. The smallest absolute Gasteiger partial charge is 0.410 e. The minimum absolute atomic E-state index is 0.279. The number of carbonyl (C=O) groups excluding carboxylic acids is 1. The number of aliphatic hydroxyl groups excluding tert-OH is 1. The zero-order valence-electron chi connectivity index (χ0n) is 16.7. The van der Waals surface area contributed by atoms with Crippen molar-refractivity contribution in [3.8, 4) is 0 Å². The highest BCUT2D eigenvalue weighted by molar-refractivity contribution is 5.68. The normalized spacial score (nSPS) is 32.4. The standard InChI is InChI=1S/C21H32N2O3/c1-19(2,3)26-18(25)23-14-20(4)12-22(11-16-9-7-6-8-10-16)13-21(5,15-23)17(20)24/h6-10,17,24H,11-15H2,1-5H3. The van der Waals surface area contributed by atoms with Crippen molar-refractivity contribution in [3.05, 3.63) is 35.9 Å². The van der Waals surface area contributed by atoms with Gasteiger partial charge in [-0.3, -0.25) is 4.90 Å². The number of aliphatic hydroxyl groups is 1. The van der Waals surface area contributed by atoms with Crippen LogP contribution in [0.5, 0.6) is 0 Å². The summed E-state index contributed by atoms with van der Waals surface area (Å²) < 4.78 is 5.58. The lowest BCUT2D eigenvalue weighted by atomic mass is 9.63. The van der Waals surface area contributed by atoms with E-state index in [1.807, 2.05) is 26.8 Å². The molecule has 0 radical (unpaired) electrons. The van der Waals surface area contributed by atoms with Crippen LogP contribution in [0.3, 0.4) is 0 Å². The Kier molecular flexibility index (Phi) is 4.82. The minimum Gasteiger partial charge on any atom is -0.444 e. The van der Waals surface area contributed by atoms with Gasteiger partial charge in [0.2, 0.25) is 0 Å². The van der Waals surface area contributed by atoms with Gasteiger partial charge < -0.3 is 14.7 Å². The number of likely N-dealkylation sites (tertiary alicyclic amines) is 2. The van der Waals surface area contributed by atoms with Gasteiger partial charge in [0.05, 0.1) is 6.10 Å². The molecular weight excluding hydrogens is 328 g/mol. The van der Waals surface area contributed by atoms with Crippen molar-refractivity contribution in [2.24, 2.45) is 10.8 Å². The Morgan fingerprint density at radius 1 is 1.12 bits per heavy atom. The third-order valence-corrected chi connectivity index (χ3v) is 5.49. The molecule has 26 heavy (non-hydrogen) atoms. The van der Waals surface area contributed by atoms with E-state index in [9.17, 15) is 9.90 Å². The SMILES string of the molecule is CC(C)(C)OC(=O)N1CC2(C)CN(Cc3ccccc3)CC(C)(C1)C2O. The molecule has 2 heterocycles. The summed E-state index contributed by atoms with van der Waals surface area (Å²) in [6.07, 6.45) is -0.709. The Labute approximate surface area is 156 Å². The number of amides is 1. The van der Waals surface area contributed by atoms with Gasteiger partial charge in [0, 0.05) is 43.6 Å². The van der Waals surface area contributed by atoms with Crippen molar-refractivity contribution in [1.29, 1.82) is 0 Å². The molecule has 2 aliphatic rings. The molecule has 2 fully saturated rings. The van der Waals surface area contributed by atoms with Crippen molar-refractivity contribution in [1.82, 2.24) is 9.80 Å². The molecule has 0 saturated carbocycles. The van der Waals surface area contributed by atoms with E-state index in [1.54, 1.807) is 4.90 Å². The number of hydrogen-bond donors (Lipinski definition) is 1. The van der Waals surface area contributed by atoms with Gasteiger partial charge in [-0.15, -0.1) is 0 Å². The summed E-state index contributed by atoms with van der Waals surface area (Å²) in [5, 5.41) is 11.0. The Morgan fingerprint density at radius 2 is 1.65 bits per heavy atom. The Morgan fingerprint density at radius 3 is 2.15 bits per heavy atom. The van der Waals surface area contributed by atoms with Crippen molar-refractivity contribution < 1.29 is 14.6 Å². The molecule has 2 unspecified atom stereocenters. The molecule has 3 rings (SSSR count). The van der Waals surface area contributed by atoms with Crippen LogP contribution in [0.2, 0.25) is 0 Å². The van der Waals surface area contributed by atoms with Gasteiger partial charge in [0.15, 0.2) is 0 Å². The molecule has 2 aliphatic heterocycles. The fourth-order valence-corrected chi connectivity index (χ4v) is 4.70. The zero-order chi connectivity index (χ0) is 19.2. The van der Waals surface area contributed by atoms with Crippen molar-refractivity contribution in [3.63, 3.8) is 0 Å². The van der Waals surface area contributed by atoms with E-state index in [-0.39, 0.29) is 16.9 Å². The van der Waals surface area contributed by atoms with Gasteiger partial charge in [0.25, 0.3) is 0 Å². The first-order valence-corrected chi connectivity index (χ1v) is 9.43. The largest absolute Gasteiger partial charge is 0.444 e. The van der Waals surface area contributed by atoms with Gasteiger partial charge in [0.1, 0.15) is 5.60 Å². The molecule has 1 N–H and O–H groups in total. The van der Waals surface area contributed by atoms with E-state index in [0.717, 1.165) is 19.6 Å². The van der Waals surface area contributed by atoms with Crippen LogP contribution in [-0.2, 0) is 11.3 Å². The van der Waals surface area contributed by atoms with E-state index in [4.69, 9.17) is 4.74 Å². The number of fused-ring (bicyclic) bond motifs is 2. The van der Waals surface area contributed by atoms with Gasteiger partial charge >= 0.3 is 6.09 Å². The Bertz CT molecular complexity index is 635. The van der Waals surface area contributed by atoms with Crippen molar-refractivity contribution in [2.75, 3.05) is 26.2 Å². The lowest BCUT2D eigenvalue weighted by molar-refractivity contribution is -0.172. The number of benzene rings is 1. The number of rotatable bonds is 2. The molecule has 144 valence electrons. The highest BCUT2D eigenvalue weighted by Gasteiger charge is 2.56. The zero-order valence-corrected chi connectivity index (χ0v) is 16.7. The van der Waals surface area contributed by atoms with Crippen LogP contribution in [0.15, 0.2) is 30.3 Å². The topological polar surface area (TPSA) is 53.0 Å². The summed E-state index contributed by atoms with van der Waals surface area (Å²) in [4.78, 5) is 16.8. The molecule has 0 aromatic heterocycles. The van der Waals surface area contributed by atoms with Crippen LogP contribution in [0.25, 0.3) is 0 Å². The average molecular weight is 360 g/mol. The van der Waals surface area contributed by atoms with E-state index in [1.165, 1.54) is 5.56 Å². The van der Waals surface area contributed by atoms with E-state index in [0.29, 0.717) is 13.1 Å². The molecule has 0 spiro atoms. The summed E-state index contributed by atoms with van der Waals surface area (Å²) in [5.41, 5.74) is 0.0373. The van der Waals surface area contributed by atoms with Crippen molar-refractivity contribution in [2.45, 2.75) is 52.9 Å². The molecule has 2 saturated heterocycles. The van der Waals surface area contributed by atoms with Gasteiger partial charge in [-0.1, -0.05) is 44.2 Å². The molecule has 1 aromatic rings. The number of nitrogens with zero attached hydrogens (tertiary/aromatic N) is 2. The number of hydrogen-bond acceptors (Lipinski definition) is 4. The van der Waals surface area contributed by atoms with Crippen molar-refractivity contribution >= 4 is 6.09 Å². The summed E-state index contributed by atoms with van der Waals surface area (Å²) in [7, 11) is 0. The van der Waals surface area contributed by atoms with Crippen LogP contribution in [-0.4, -0.2) is 58.9 Å². The first-order valence-electron chi connectivity index (χ1n) is 9.43. The lowest BCUT2D eigenvalue weighted by Gasteiger charge is -2.59. The first-order chi connectivity index (χ1) is 12.0. The third kappa shape index (κ3) is 3.89. The molecule has 2 atom stereocenters. The van der Waals surface area contributed by atoms with Crippen LogP contribution in [0.1, 0.15) is 40.2 Å². The predicted octanol–water partition coefficient (Wildman–Crippen LogP) is 3.13. The monoisotopic (exact) mass is 360 g/mol. The van der Waals surface area contributed by atoms with Gasteiger partial charge in [-0.2, -0.15) is 0 Å². The fourth-order valence-electron chi connectivity index (χ4n) is 4.70. The summed E-state index contributed by atoms with van der Waals surface area (Å²) >= 11 is 0. The number of ether oxygens (including phenoxy) is 1. The summed E-state index contributed by atoms with van der Waals surface area (Å²) in [5.74, 6) is 0. The quantitative estimate of drug-likeness (QED) is 0.880. The molecular formula is C21H32N2O3. The molecule has 5 heteroatoms.